The van der Waals surface area contributed by atoms with Crippen molar-refractivity contribution in [1.29, 1.82) is 0 Å². The van der Waals surface area contributed by atoms with Crippen LogP contribution in [0.5, 0.6) is 0 Å². The van der Waals surface area contributed by atoms with Crippen molar-refractivity contribution in [3.05, 3.63) is 33.2 Å². The number of nitrogens with one attached hydrogen (secondary N) is 1. The van der Waals surface area contributed by atoms with Gasteiger partial charge in [-0.2, -0.15) is 0 Å². The number of ether oxygens (including phenoxy) is 1. The van der Waals surface area contributed by atoms with Gasteiger partial charge < -0.3 is 9.72 Å². The Morgan fingerprint density at radius 2 is 2.18 bits per heavy atom. The Morgan fingerprint density at radius 3 is 2.91 bits per heavy atom. The Bertz CT molecular complexity index is 536. The van der Waals surface area contributed by atoms with Crippen molar-refractivity contribution in [2.24, 2.45) is 5.92 Å². The van der Waals surface area contributed by atoms with Gasteiger partial charge in [0.2, 0.25) is 0 Å². The fourth-order valence-electron chi connectivity index (χ4n) is 3.04. The zero-order valence-electron chi connectivity index (χ0n) is 14.4. The maximum Gasteiger partial charge on any atom is 0.187 e. The molecule has 1 N–H and O–H groups in total. The molecule has 1 aliphatic rings. The quantitative estimate of drug-likeness (QED) is 0.878. The summed E-state index contributed by atoms with van der Waals surface area (Å²) >= 11 is 0. The molecule has 0 radical (unpaired) electrons. The average Bonchev–Trinajstić information content (AvgIpc) is 2.48. The van der Waals surface area contributed by atoms with Crippen LogP contribution < -0.4 is 5.43 Å². The molecule has 0 aliphatic carbocycles. The number of nitrogens with zero attached hydrogens (tertiary/aromatic N) is 1. The predicted octanol–water partition coefficient (Wildman–Crippen LogP) is 3.02. The molecule has 0 aromatic carbocycles. The van der Waals surface area contributed by atoms with Gasteiger partial charge in [-0.15, -0.1) is 0 Å². The first-order valence-electron chi connectivity index (χ1n) is 8.49. The molecule has 2 heterocycles. The van der Waals surface area contributed by atoms with Gasteiger partial charge in [0.05, 0.1) is 12.7 Å². The number of aromatic amines is 1. The molecule has 0 spiro atoms. The minimum Gasteiger partial charge on any atom is -0.376 e. The van der Waals surface area contributed by atoms with Gasteiger partial charge in [-0.05, 0) is 26.2 Å². The van der Waals surface area contributed by atoms with E-state index in [-0.39, 0.29) is 5.43 Å². The second-order valence-corrected chi connectivity index (χ2v) is 6.96. The molecule has 0 amide bonds. The number of morpholine rings is 1. The lowest BCUT2D eigenvalue weighted by molar-refractivity contribution is -0.0364. The van der Waals surface area contributed by atoms with Gasteiger partial charge in [0, 0.05) is 42.7 Å². The summed E-state index contributed by atoms with van der Waals surface area (Å²) in [6.07, 6.45) is 5.80. The fourth-order valence-corrected chi connectivity index (χ4v) is 3.04. The number of aromatic nitrogens is 1. The molecule has 1 aliphatic heterocycles. The van der Waals surface area contributed by atoms with Crippen molar-refractivity contribution in [3.63, 3.8) is 0 Å². The van der Waals surface area contributed by atoms with Crippen molar-refractivity contribution in [2.75, 3.05) is 19.7 Å². The summed E-state index contributed by atoms with van der Waals surface area (Å²) in [5.41, 5.74) is 2.84. The van der Waals surface area contributed by atoms with Crippen LogP contribution in [0, 0.1) is 19.8 Å². The van der Waals surface area contributed by atoms with Gasteiger partial charge in [-0.1, -0.05) is 26.7 Å². The first-order valence-corrected chi connectivity index (χ1v) is 8.49. The summed E-state index contributed by atoms with van der Waals surface area (Å²) in [5.74, 6) is 0.764. The average molecular weight is 306 g/mol. The molecule has 1 aromatic rings. The van der Waals surface area contributed by atoms with Gasteiger partial charge in [0.15, 0.2) is 5.43 Å². The summed E-state index contributed by atoms with van der Waals surface area (Å²) < 4.78 is 5.89. The van der Waals surface area contributed by atoms with Crippen molar-refractivity contribution >= 4 is 0 Å². The van der Waals surface area contributed by atoms with Crippen molar-refractivity contribution in [3.8, 4) is 0 Å². The third-order valence-electron chi connectivity index (χ3n) is 4.53. The van der Waals surface area contributed by atoms with Crippen LogP contribution in [-0.4, -0.2) is 35.7 Å². The second kappa shape index (κ2) is 7.93. The van der Waals surface area contributed by atoms with Crippen LogP contribution >= 0.6 is 0 Å². The molecule has 124 valence electrons. The fraction of sp³-hybridized carbons (Fsp3) is 0.722. The highest BCUT2D eigenvalue weighted by Gasteiger charge is 2.21. The standard InChI is InChI=1S/C18H30N2O2/c1-13(2)6-5-7-16-11-20(8-9-22-16)12-17-15(4)18(21)14(3)10-19-17/h10,13,16H,5-9,11-12H2,1-4H3,(H,19,21)/t16-/m0/s1. The molecular formula is C18H30N2O2. The molecule has 0 saturated carbocycles. The molecule has 1 fully saturated rings. The van der Waals surface area contributed by atoms with Crippen LogP contribution in [0.15, 0.2) is 11.0 Å². The van der Waals surface area contributed by atoms with Crippen LogP contribution in [0.25, 0.3) is 0 Å². The highest BCUT2D eigenvalue weighted by Crippen LogP contribution is 2.16. The SMILES string of the molecule is Cc1c[nH]c(CN2CCO[C@@H](CCCC(C)C)C2)c(C)c1=O. The summed E-state index contributed by atoms with van der Waals surface area (Å²) in [6, 6.07) is 0. The molecule has 1 saturated heterocycles. The zero-order valence-corrected chi connectivity index (χ0v) is 14.4. The molecular weight excluding hydrogens is 276 g/mol. The molecule has 4 heteroatoms. The summed E-state index contributed by atoms with van der Waals surface area (Å²) in [4.78, 5) is 17.7. The monoisotopic (exact) mass is 306 g/mol. The molecule has 22 heavy (non-hydrogen) atoms. The molecule has 1 aromatic heterocycles. The van der Waals surface area contributed by atoms with E-state index in [0.29, 0.717) is 6.10 Å². The molecule has 4 nitrogen and oxygen atoms in total. The topological polar surface area (TPSA) is 45.3 Å². The van der Waals surface area contributed by atoms with Crippen molar-refractivity contribution in [2.45, 2.75) is 59.6 Å². The van der Waals surface area contributed by atoms with E-state index >= 15 is 0 Å². The normalized spacial score (nSPS) is 19.8. The van der Waals surface area contributed by atoms with Gasteiger partial charge in [-0.3, -0.25) is 9.69 Å². The predicted molar refractivity (Wildman–Crippen MR) is 90.2 cm³/mol. The smallest absolute Gasteiger partial charge is 0.187 e. The molecule has 0 unspecified atom stereocenters. The number of hydrogen-bond acceptors (Lipinski definition) is 3. The minimum atomic E-state index is 0.162. The Kier molecular flexibility index (Phi) is 6.21. The van der Waals surface area contributed by atoms with Gasteiger partial charge in [0.1, 0.15) is 0 Å². The van der Waals surface area contributed by atoms with E-state index in [1.165, 1.54) is 12.8 Å². The lowest BCUT2D eigenvalue weighted by Gasteiger charge is -2.33. The van der Waals surface area contributed by atoms with E-state index in [0.717, 1.165) is 55.4 Å². The first kappa shape index (κ1) is 17.2. The lowest BCUT2D eigenvalue weighted by Crippen LogP contribution is -2.42. The van der Waals surface area contributed by atoms with Crippen LogP contribution in [-0.2, 0) is 11.3 Å². The van der Waals surface area contributed by atoms with Crippen LogP contribution in [0.4, 0.5) is 0 Å². The molecule has 0 bridgehead atoms. The highest BCUT2D eigenvalue weighted by molar-refractivity contribution is 5.23. The Morgan fingerprint density at radius 1 is 1.41 bits per heavy atom. The number of aryl methyl sites for hydroxylation is 1. The Hall–Kier alpha value is -1.13. The Balaban J connectivity index is 1.90. The minimum absolute atomic E-state index is 0.162. The largest absolute Gasteiger partial charge is 0.376 e. The third kappa shape index (κ3) is 4.68. The van der Waals surface area contributed by atoms with E-state index in [9.17, 15) is 4.79 Å². The van der Waals surface area contributed by atoms with E-state index in [1.807, 2.05) is 20.0 Å². The molecule has 1 atom stereocenters. The number of H-pyrrole nitrogens is 1. The van der Waals surface area contributed by atoms with Crippen LogP contribution in [0.3, 0.4) is 0 Å². The number of pyridine rings is 1. The number of rotatable bonds is 6. The van der Waals surface area contributed by atoms with E-state index in [2.05, 4.69) is 23.7 Å². The van der Waals surface area contributed by atoms with Gasteiger partial charge in [-0.25, -0.2) is 0 Å². The van der Waals surface area contributed by atoms with Gasteiger partial charge >= 0.3 is 0 Å². The van der Waals surface area contributed by atoms with E-state index in [4.69, 9.17) is 4.74 Å². The van der Waals surface area contributed by atoms with E-state index < -0.39 is 0 Å². The third-order valence-corrected chi connectivity index (χ3v) is 4.53. The van der Waals surface area contributed by atoms with E-state index in [1.54, 1.807) is 0 Å². The maximum atomic E-state index is 12.0. The van der Waals surface area contributed by atoms with Crippen molar-refractivity contribution < 1.29 is 4.74 Å². The van der Waals surface area contributed by atoms with Crippen molar-refractivity contribution in [1.82, 2.24) is 9.88 Å². The summed E-state index contributed by atoms with van der Waals surface area (Å²) in [5, 5.41) is 0. The van der Waals surface area contributed by atoms with Gasteiger partial charge in [0.25, 0.3) is 0 Å². The Labute approximate surface area is 133 Å². The second-order valence-electron chi connectivity index (χ2n) is 6.96. The lowest BCUT2D eigenvalue weighted by atomic mass is 10.0. The van der Waals surface area contributed by atoms with Crippen LogP contribution in [0.2, 0.25) is 0 Å². The highest BCUT2D eigenvalue weighted by atomic mass is 16.5. The summed E-state index contributed by atoms with van der Waals surface area (Å²) in [7, 11) is 0. The molecule has 2 rings (SSSR count). The zero-order chi connectivity index (χ0) is 16.1. The summed E-state index contributed by atoms with van der Waals surface area (Å²) in [6.45, 7) is 11.8. The van der Waals surface area contributed by atoms with Crippen LogP contribution in [0.1, 0.15) is 49.9 Å². The number of hydrogen-bond donors (Lipinski definition) is 1. The first-order chi connectivity index (χ1) is 10.5. The maximum absolute atomic E-state index is 12.0.